The third-order valence-electron chi connectivity index (χ3n) is 5.34. The molecule has 2 heterocycles. The van der Waals surface area contributed by atoms with Gasteiger partial charge in [-0.3, -0.25) is 14.5 Å². The van der Waals surface area contributed by atoms with Crippen LogP contribution in [0.25, 0.3) is 0 Å². The predicted molar refractivity (Wildman–Crippen MR) is 99.8 cm³/mol. The first-order chi connectivity index (χ1) is 12.6. The van der Waals surface area contributed by atoms with Crippen LogP contribution < -0.4 is 5.73 Å². The lowest BCUT2D eigenvalue weighted by Gasteiger charge is -2.26. The highest BCUT2D eigenvalue weighted by Crippen LogP contribution is 2.22. The number of primary amides is 1. The van der Waals surface area contributed by atoms with Crippen molar-refractivity contribution < 1.29 is 14.3 Å². The van der Waals surface area contributed by atoms with E-state index in [4.69, 9.17) is 10.5 Å². The van der Waals surface area contributed by atoms with E-state index in [-0.39, 0.29) is 5.91 Å². The van der Waals surface area contributed by atoms with Gasteiger partial charge in [0.15, 0.2) is 0 Å². The Bertz CT molecular complexity index is 628. The highest BCUT2D eigenvalue weighted by molar-refractivity contribution is 5.92. The molecule has 2 amide bonds. The van der Waals surface area contributed by atoms with E-state index in [0.717, 1.165) is 70.8 Å². The molecule has 0 bridgehead atoms. The van der Waals surface area contributed by atoms with Crippen LogP contribution in [0.15, 0.2) is 24.3 Å². The van der Waals surface area contributed by atoms with Crippen LogP contribution in [0.1, 0.15) is 35.2 Å². The molecule has 2 saturated heterocycles. The fraction of sp³-hybridized carbons (Fsp3) is 0.600. The molecule has 2 aliphatic rings. The van der Waals surface area contributed by atoms with Crippen molar-refractivity contribution >= 4 is 11.8 Å². The summed E-state index contributed by atoms with van der Waals surface area (Å²) in [6, 6.07) is 7.51. The van der Waals surface area contributed by atoms with Gasteiger partial charge in [-0.25, -0.2) is 0 Å². The van der Waals surface area contributed by atoms with E-state index in [0.29, 0.717) is 17.9 Å². The Labute approximate surface area is 155 Å². The minimum Gasteiger partial charge on any atom is -0.379 e. The number of rotatable bonds is 7. The molecule has 26 heavy (non-hydrogen) atoms. The van der Waals surface area contributed by atoms with E-state index < -0.39 is 5.91 Å². The number of nitrogens with two attached hydrogens (primary N) is 1. The van der Waals surface area contributed by atoms with Crippen LogP contribution in [0.2, 0.25) is 0 Å². The molecule has 142 valence electrons. The number of morpholine rings is 1. The molecule has 0 saturated carbocycles. The Morgan fingerprint density at radius 2 is 2.00 bits per heavy atom. The summed E-state index contributed by atoms with van der Waals surface area (Å²) in [7, 11) is 0. The zero-order chi connectivity index (χ0) is 18.4. The van der Waals surface area contributed by atoms with Crippen LogP contribution in [-0.4, -0.2) is 67.6 Å². The molecule has 0 radical (unpaired) electrons. The molecule has 2 fully saturated rings. The van der Waals surface area contributed by atoms with Gasteiger partial charge in [-0.05, 0) is 49.4 Å². The van der Waals surface area contributed by atoms with Gasteiger partial charge in [0.25, 0.3) is 0 Å². The molecule has 0 spiro atoms. The Morgan fingerprint density at radius 1 is 1.19 bits per heavy atom. The second-order valence-electron chi connectivity index (χ2n) is 7.32. The molecule has 1 aromatic rings. The van der Waals surface area contributed by atoms with Crippen LogP contribution in [0, 0.1) is 5.92 Å². The number of ether oxygens (including phenoxy) is 1. The average Bonchev–Trinajstić information content (AvgIpc) is 3.11. The SMILES string of the molecule is NC(=O)c1cccc(C[C@H]2CCN(C(=O)CCCN3CCOCC3)C2)c1. The van der Waals surface area contributed by atoms with Crippen molar-refractivity contribution in [3.05, 3.63) is 35.4 Å². The van der Waals surface area contributed by atoms with Crippen LogP contribution in [0.3, 0.4) is 0 Å². The number of likely N-dealkylation sites (tertiary alicyclic amines) is 1. The summed E-state index contributed by atoms with van der Waals surface area (Å²) in [6.07, 6.45) is 3.45. The first-order valence-electron chi connectivity index (χ1n) is 9.58. The van der Waals surface area contributed by atoms with Gasteiger partial charge in [0.05, 0.1) is 13.2 Å². The van der Waals surface area contributed by atoms with Gasteiger partial charge in [0.2, 0.25) is 11.8 Å². The highest BCUT2D eigenvalue weighted by Gasteiger charge is 2.26. The summed E-state index contributed by atoms with van der Waals surface area (Å²) >= 11 is 0. The normalized spacial score (nSPS) is 21.1. The van der Waals surface area contributed by atoms with Crippen molar-refractivity contribution in [3.63, 3.8) is 0 Å². The van der Waals surface area contributed by atoms with Gasteiger partial charge in [-0.2, -0.15) is 0 Å². The topological polar surface area (TPSA) is 75.9 Å². The second kappa shape index (κ2) is 9.14. The monoisotopic (exact) mass is 359 g/mol. The molecule has 6 nitrogen and oxygen atoms in total. The van der Waals surface area contributed by atoms with Gasteiger partial charge < -0.3 is 15.4 Å². The summed E-state index contributed by atoms with van der Waals surface area (Å²) in [6.45, 7) is 6.20. The maximum Gasteiger partial charge on any atom is 0.248 e. The van der Waals surface area contributed by atoms with Gasteiger partial charge in [-0.15, -0.1) is 0 Å². The standard InChI is InChI=1S/C20H29N3O3/c21-20(25)18-4-1-3-16(14-18)13-17-6-8-23(15-17)19(24)5-2-7-22-9-11-26-12-10-22/h1,3-4,14,17H,2,5-13,15H2,(H2,21,25)/t17-/m1/s1. The van der Waals surface area contributed by atoms with E-state index in [1.54, 1.807) is 6.07 Å². The minimum absolute atomic E-state index is 0.270. The van der Waals surface area contributed by atoms with Crippen molar-refractivity contribution in [1.29, 1.82) is 0 Å². The zero-order valence-corrected chi connectivity index (χ0v) is 15.4. The smallest absolute Gasteiger partial charge is 0.248 e. The Hall–Kier alpha value is -1.92. The lowest BCUT2D eigenvalue weighted by molar-refractivity contribution is -0.130. The number of hydrogen-bond acceptors (Lipinski definition) is 4. The summed E-state index contributed by atoms with van der Waals surface area (Å²) < 4.78 is 5.35. The fourth-order valence-corrected chi connectivity index (χ4v) is 3.85. The number of amides is 2. The van der Waals surface area contributed by atoms with E-state index in [2.05, 4.69) is 4.90 Å². The minimum atomic E-state index is -0.393. The molecular weight excluding hydrogens is 330 g/mol. The maximum absolute atomic E-state index is 12.4. The number of benzene rings is 1. The summed E-state index contributed by atoms with van der Waals surface area (Å²) in [5, 5.41) is 0. The lowest BCUT2D eigenvalue weighted by atomic mass is 9.97. The summed E-state index contributed by atoms with van der Waals surface area (Å²) in [5.41, 5.74) is 7.02. The number of nitrogens with zero attached hydrogens (tertiary/aromatic N) is 2. The molecule has 2 N–H and O–H groups in total. The first-order valence-corrected chi connectivity index (χ1v) is 9.58. The molecule has 0 aromatic heterocycles. The highest BCUT2D eigenvalue weighted by atomic mass is 16.5. The van der Waals surface area contributed by atoms with E-state index in [1.165, 1.54) is 0 Å². The Morgan fingerprint density at radius 3 is 2.77 bits per heavy atom. The van der Waals surface area contributed by atoms with Crippen molar-refractivity contribution in [1.82, 2.24) is 9.80 Å². The molecule has 1 atom stereocenters. The van der Waals surface area contributed by atoms with Gasteiger partial charge in [0.1, 0.15) is 0 Å². The molecule has 6 heteroatoms. The van der Waals surface area contributed by atoms with Crippen LogP contribution >= 0.6 is 0 Å². The Kier molecular flexibility index (Phi) is 6.63. The Balaban J connectivity index is 1.40. The number of hydrogen-bond donors (Lipinski definition) is 1. The molecule has 0 unspecified atom stereocenters. The molecular formula is C20H29N3O3. The van der Waals surface area contributed by atoms with E-state index in [9.17, 15) is 9.59 Å². The van der Waals surface area contributed by atoms with Crippen molar-refractivity contribution in [2.45, 2.75) is 25.7 Å². The van der Waals surface area contributed by atoms with Crippen LogP contribution in [0.4, 0.5) is 0 Å². The molecule has 0 aliphatic carbocycles. The molecule has 2 aliphatic heterocycles. The van der Waals surface area contributed by atoms with E-state index in [1.807, 2.05) is 23.1 Å². The summed E-state index contributed by atoms with van der Waals surface area (Å²) in [5.74, 6) is 0.336. The largest absolute Gasteiger partial charge is 0.379 e. The quantitative estimate of drug-likeness (QED) is 0.796. The van der Waals surface area contributed by atoms with Crippen molar-refractivity contribution in [3.8, 4) is 0 Å². The van der Waals surface area contributed by atoms with Gasteiger partial charge in [-0.1, -0.05) is 12.1 Å². The summed E-state index contributed by atoms with van der Waals surface area (Å²) in [4.78, 5) is 28.1. The number of carbonyl (C=O) groups excluding carboxylic acids is 2. The molecule has 3 rings (SSSR count). The van der Waals surface area contributed by atoms with Crippen LogP contribution in [-0.2, 0) is 16.0 Å². The third-order valence-corrected chi connectivity index (χ3v) is 5.34. The average molecular weight is 359 g/mol. The maximum atomic E-state index is 12.4. The van der Waals surface area contributed by atoms with E-state index >= 15 is 0 Å². The van der Waals surface area contributed by atoms with Gasteiger partial charge >= 0.3 is 0 Å². The van der Waals surface area contributed by atoms with Crippen molar-refractivity contribution in [2.75, 3.05) is 45.9 Å². The zero-order valence-electron chi connectivity index (χ0n) is 15.4. The van der Waals surface area contributed by atoms with Crippen LogP contribution in [0.5, 0.6) is 0 Å². The second-order valence-corrected chi connectivity index (χ2v) is 7.32. The third kappa shape index (κ3) is 5.29. The molecule has 1 aromatic carbocycles. The fourth-order valence-electron chi connectivity index (χ4n) is 3.85. The number of carbonyl (C=O) groups is 2. The van der Waals surface area contributed by atoms with Gasteiger partial charge in [0, 0.05) is 38.2 Å². The predicted octanol–water partition coefficient (Wildman–Crippen LogP) is 1.29. The first kappa shape index (κ1) is 18.9. The van der Waals surface area contributed by atoms with Crippen molar-refractivity contribution in [2.24, 2.45) is 11.7 Å². The lowest BCUT2D eigenvalue weighted by Crippen LogP contribution is -2.37.